The van der Waals surface area contributed by atoms with Gasteiger partial charge in [0.2, 0.25) is 10.0 Å². The Bertz CT molecular complexity index is 345. The molecule has 1 heterocycles. The van der Waals surface area contributed by atoms with E-state index in [1.807, 2.05) is 20.8 Å². The number of aliphatic hydroxyl groups excluding tert-OH is 1. The highest BCUT2D eigenvalue weighted by Gasteiger charge is 2.33. The molecular weight excluding hydrogens is 256 g/mol. The van der Waals surface area contributed by atoms with E-state index in [1.165, 1.54) is 4.31 Å². The fraction of sp³-hybridized carbons (Fsp3) is 1.00. The lowest BCUT2D eigenvalue weighted by Crippen LogP contribution is -2.53. The van der Waals surface area contributed by atoms with Crippen molar-refractivity contribution in [2.75, 3.05) is 32.1 Å². The van der Waals surface area contributed by atoms with Crippen LogP contribution in [0.15, 0.2) is 0 Å². The first kappa shape index (κ1) is 15.8. The molecule has 2 N–H and O–H groups in total. The number of nitrogens with one attached hydrogen (secondary N) is 1. The van der Waals surface area contributed by atoms with E-state index < -0.39 is 16.1 Å². The first-order chi connectivity index (χ1) is 8.36. The minimum atomic E-state index is -3.29. The third-order valence-corrected chi connectivity index (χ3v) is 4.87. The van der Waals surface area contributed by atoms with Crippen molar-refractivity contribution in [2.45, 2.75) is 39.0 Å². The zero-order chi connectivity index (χ0) is 13.8. The molecule has 0 aliphatic carbocycles. The fourth-order valence-electron chi connectivity index (χ4n) is 1.88. The van der Waals surface area contributed by atoms with E-state index in [0.717, 1.165) is 0 Å². The molecule has 0 spiro atoms. The van der Waals surface area contributed by atoms with Crippen LogP contribution in [0.5, 0.6) is 0 Å². The lowest BCUT2D eigenvalue weighted by molar-refractivity contribution is -0.0516. The number of rotatable bonds is 6. The maximum atomic E-state index is 12.2. The van der Waals surface area contributed by atoms with Gasteiger partial charge in [0.25, 0.3) is 0 Å². The smallest absolute Gasteiger partial charge is 0.215 e. The Morgan fingerprint density at radius 2 is 2.17 bits per heavy atom. The largest absolute Gasteiger partial charge is 0.394 e. The molecule has 1 aliphatic rings. The van der Waals surface area contributed by atoms with Gasteiger partial charge in [-0.2, -0.15) is 4.31 Å². The van der Waals surface area contributed by atoms with Gasteiger partial charge in [0, 0.05) is 25.2 Å². The summed E-state index contributed by atoms with van der Waals surface area (Å²) in [7, 11) is -3.29. The maximum Gasteiger partial charge on any atom is 0.215 e. The topological polar surface area (TPSA) is 78.9 Å². The average Bonchev–Trinajstić information content (AvgIpc) is 2.28. The molecule has 1 saturated heterocycles. The summed E-state index contributed by atoms with van der Waals surface area (Å²) in [6, 6.07) is 0.101. The Balaban J connectivity index is 2.58. The van der Waals surface area contributed by atoms with Gasteiger partial charge in [-0.25, -0.2) is 8.42 Å². The summed E-state index contributed by atoms with van der Waals surface area (Å²) in [4.78, 5) is 0. The first-order valence-electron chi connectivity index (χ1n) is 6.32. The average molecular weight is 280 g/mol. The summed E-state index contributed by atoms with van der Waals surface area (Å²) in [5, 5.41) is 12.1. The molecule has 2 unspecified atom stereocenters. The molecule has 1 aliphatic heterocycles. The van der Waals surface area contributed by atoms with Gasteiger partial charge in [0.05, 0.1) is 25.1 Å². The van der Waals surface area contributed by atoms with Crippen molar-refractivity contribution in [2.24, 2.45) is 0 Å². The molecule has 0 saturated carbocycles. The van der Waals surface area contributed by atoms with Crippen molar-refractivity contribution in [3.8, 4) is 0 Å². The minimum Gasteiger partial charge on any atom is -0.394 e. The predicted octanol–water partition coefficient (Wildman–Crippen LogP) is -0.604. The van der Waals surface area contributed by atoms with Gasteiger partial charge in [0.15, 0.2) is 0 Å². The molecule has 0 amide bonds. The monoisotopic (exact) mass is 280 g/mol. The van der Waals surface area contributed by atoms with E-state index in [1.54, 1.807) is 0 Å². The number of nitrogens with zero attached hydrogens (tertiary/aromatic N) is 1. The number of hydrogen-bond acceptors (Lipinski definition) is 5. The van der Waals surface area contributed by atoms with Crippen LogP contribution in [-0.2, 0) is 14.8 Å². The zero-order valence-corrected chi connectivity index (χ0v) is 12.1. The van der Waals surface area contributed by atoms with Gasteiger partial charge in [-0.05, 0) is 6.92 Å². The van der Waals surface area contributed by atoms with Gasteiger partial charge in [0.1, 0.15) is 0 Å². The van der Waals surface area contributed by atoms with Gasteiger partial charge in [-0.1, -0.05) is 13.8 Å². The number of morpholine rings is 1. The van der Waals surface area contributed by atoms with Crippen molar-refractivity contribution < 1.29 is 18.3 Å². The third kappa shape index (κ3) is 4.47. The minimum absolute atomic E-state index is 0.0771. The molecule has 2 atom stereocenters. The van der Waals surface area contributed by atoms with Crippen molar-refractivity contribution >= 4 is 10.0 Å². The van der Waals surface area contributed by atoms with Crippen LogP contribution < -0.4 is 5.32 Å². The summed E-state index contributed by atoms with van der Waals surface area (Å²) < 4.78 is 31.2. The van der Waals surface area contributed by atoms with Crippen molar-refractivity contribution in [1.29, 1.82) is 0 Å². The van der Waals surface area contributed by atoms with Crippen LogP contribution in [0.3, 0.4) is 0 Å². The Labute approximate surface area is 109 Å². The summed E-state index contributed by atoms with van der Waals surface area (Å²) in [6.07, 6.45) is -0.408. The van der Waals surface area contributed by atoms with E-state index >= 15 is 0 Å². The van der Waals surface area contributed by atoms with Crippen molar-refractivity contribution in [1.82, 2.24) is 9.62 Å². The number of aliphatic hydroxyl groups is 1. The van der Waals surface area contributed by atoms with Crippen LogP contribution in [0, 0.1) is 0 Å². The van der Waals surface area contributed by atoms with Gasteiger partial charge >= 0.3 is 0 Å². The van der Waals surface area contributed by atoms with E-state index in [9.17, 15) is 8.42 Å². The Morgan fingerprint density at radius 3 is 2.72 bits per heavy atom. The quantitative estimate of drug-likeness (QED) is 0.679. The fourth-order valence-corrected chi connectivity index (χ4v) is 3.50. The van der Waals surface area contributed by atoms with E-state index in [0.29, 0.717) is 13.2 Å². The standard InChI is InChI=1S/C11H24N2O4S/c1-9(2)12-4-5-18(15,16)13-6-11(7-14)17-8-10(13)3/h9-12,14H,4-8H2,1-3H3. The molecule has 108 valence electrons. The number of sulfonamides is 1. The van der Waals surface area contributed by atoms with Crippen LogP contribution in [0.25, 0.3) is 0 Å². The molecule has 0 bridgehead atoms. The lowest BCUT2D eigenvalue weighted by atomic mass is 10.2. The highest BCUT2D eigenvalue weighted by molar-refractivity contribution is 7.89. The SMILES string of the molecule is CC(C)NCCS(=O)(=O)N1CC(CO)OCC1C. The van der Waals surface area contributed by atoms with Crippen LogP contribution in [0.1, 0.15) is 20.8 Å². The van der Waals surface area contributed by atoms with E-state index in [-0.39, 0.29) is 31.0 Å². The molecule has 1 rings (SSSR count). The highest BCUT2D eigenvalue weighted by Crippen LogP contribution is 2.16. The maximum absolute atomic E-state index is 12.2. The molecule has 18 heavy (non-hydrogen) atoms. The van der Waals surface area contributed by atoms with Crippen LogP contribution >= 0.6 is 0 Å². The number of hydrogen-bond donors (Lipinski definition) is 2. The van der Waals surface area contributed by atoms with Crippen molar-refractivity contribution in [3.05, 3.63) is 0 Å². The molecule has 0 aromatic rings. The van der Waals surface area contributed by atoms with Gasteiger partial charge in [-0.15, -0.1) is 0 Å². The van der Waals surface area contributed by atoms with E-state index in [4.69, 9.17) is 9.84 Å². The zero-order valence-electron chi connectivity index (χ0n) is 11.3. The molecule has 1 fully saturated rings. The Kier molecular flexibility index (Phi) is 6.00. The molecule has 0 aromatic heterocycles. The molecular formula is C11H24N2O4S. The predicted molar refractivity (Wildman–Crippen MR) is 69.9 cm³/mol. The molecule has 7 heteroatoms. The summed E-state index contributed by atoms with van der Waals surface area (Å²) in [5.74, 6) is 0.0771. The highest BCUT2D eigenvalue weighted by atomic mass is 32.2. The van der Waals surface area contributed by atoms with Gasteiger partial charge < -0.3 is 15.2 Å². The number of ether oxygens (including phenoxy) is 1. The third-order valence-electron chi connectivity index (χ3n) is 2.92. The second kappa shape index (κ2) is 6.81. The lowest BCUT2D eigenvalue weighted by Gasteiger charge is -2.36. The molecule has 6 nitrogen and oxygen atoms in total. The van der Waals surface area contributed by atoms with Crippen LogP contribution in [-0.4, -0.2) is 68.1 Å². The molecule has 0 aromatic carbocycles. The second-order valence-corrected chi connectivity index (χ2v) is 7.02. The summed E-state index contributed by atoms with van der Waals surface area (Å²) in [5.41, 5.74) is 0. The summed E-state index contributed by atoms with van der Waals surface area (Å²) in [6.45, 7) is 6.64. The van der Waals surface area contributed by atoms with Crippen LogP contribution in [0.2, 0.25) is 0 Å². The Morgan fingerprint density at radius 1 is 1.50 bits per heavy atom. The normalized spacial score (nSPS) is 26.7. The van der Waals surface area contributed by atoms with E-state index in [2.05, 4.69) is 5.32 Å². The van der Waals surface area contributed by atoms with Gasteiger partial charge in [-0.3, -0.25) is 0 Å². The Hall–Kier alpha value is -0.210. The second-order valence-electron chi connectivity index (χ2n) is 4.98. The summed E-state index contributed by atoms with van der Waals surface area (Å²) >= 11 is 0. The first-order valence-corrected chi connectivity index (χ1v) is 7.93. The molecule has 0 radical (unpaired) electrons. The van der Waals surface area contributed by atoms with Crippen molar-refractivity contribution in [3.63, 3.8) is 0 Å². The van der Waals surface area contributed by atoms with Crippen LogP contribution in [0.4, 0.5) is 0 Å².